The molecule has 1 fully saturated rings. The molecule has 1 aliphatic rings. The summed E-state index contributed by atoms with van der Waals surface area (Å²) < 4.78 is 43.7. The van der Waals surface area contributed by atoms with Gasteiger partial charge in [0.05, 0.1) is 17.4 Å². The zero-order valence-corrected chi connectivity index (χ0v) is 21.9. The maximum Gasteiger partial charge on any atom is 0.418 e. The van der Waals surface area contributed by atoms with Crippen LogP contribution in [0.5, 0.6) is 0 Å². The molecule has 0 radical (unpaired) electrons. The first kappa shape index (κ1) is 27.3. The first-order valence-electron chi connectivity index (χ1n) is 12.7. The number of pyridine rings is 2. The van der Waals surface area contributed by atoms with Crippen LogP contribution in [0, 0.1) is 11.3 Å². The number of rotatable bonds is 7. The number of aromatic nitrogens is 4. The Bertz CT molecular complexity index is 1400. The summed E-state index contributed by atoms with van der Waals surface area (Å²) in [6.07, 6.45) is -0.640. The smallest absolute Gasteiger partial charge is 0.367 e. The van der Waals surface area contributed by atoms with Crippen molar-refractivity contribution in [2.24, 2.45) is 0 Å². The van der Waals surface area contributed by atoms with Gasteiger partial charge in [-0.15, -0.1) is 0 Å². The highest BCUT2D eigenvalue weighted by atomic mass is 19.4. The van der Waals surface area contributed by atoms with Crippen LogP contribution >= 0.6 is 0 Å². The van der Waals surface area contributed by atoms with Gasteiger partial charge < -0.3 is 10.2 Å². The van der Waals surface area contributed by atoms with Crippen molar-refractivity contribution in [3.63, 3.8) is 0 Å². The van der Waals surface area contributed by atoms with Crippen molar-refractivity contribution >= 4 is 28.5 Å². The maximum atomic E-state index is 14.1. The Morgan fingerprint density at radius 1 is 1.08 bits per heavy atom. The van der Waals surface area contributed by atoms with Gasteiger partial charge in [-0.1, -0.05) is 13.8 Å². The van der Waals surface area contributed by atoms with E-state index in [4.69, 9.17) is 0 Å². The zero-order valence-electron chi connectivity index (χ0n) is 21.9. The lowest BCUT2D eigenvalue weighted by atomic mass is 10.1. The predicted molar refractivity (Wildman–Crippen MR) is 140 cm³/mol. The van der Waals surface area contributed by atoms with Crippen LogP contribution < -0.4 is 15.8 Å². The summed E-state index contributed by atoms with van der Waals surface area (Å²) in [7, 11) is 0. The number of anilines is 3. The molecule has 3 aromatic rings. The van der Waals surface area contributed by atoms with Crippen LogP contribution in [0.25, 0.3) is 11.0 Å². The summed E-state index contributed by atoms with van der Waals surface area (Å²) in [5.41, 5.74) is -0.928. The number of hydrogen-bond acceptors (Lipinski definition) is 8. The van der Waals surface area contributed by atoms with Crippen molar-refractivity contribution in [1.82, 2.24) is 24.4 Å². The van der Waals surface area contributed by atoms with Crippen LogP contribution in [0.2, 0.25) is 0 Å². The topological polar surface area (TPSA) is 103 Å². The van der Waals surface area contributed by atoms with Crippen LogP contribution in [0.3, 0.4) is 0 Å². The van der Waals surface area contributed by atoms with E-state index in [9.17, 15) is 23.2 Å². The Hall–Kier alpha value is -3.72. The minimum absolute atomic E-state index is 0.000218. The van der Waals surface area contributed by atoms with Gasteiger partial charge in [-0.2, -0.15) is 23.4 Å². The Kier molecular flexibility index (Phi) is 7.87. The lowest BCUT2D eigenvalue weighted by Gasteiger charge is -2.38. The molecule has 4 rings (SSSR count). The van der Waals surface area contributed by atoms with Crippen molar-refractivity contribution < 1.29 is 13.2 Å². The number of halogens is 3. The van der Waals surface area contributed by atoms with Crippen LogP contribution in [-0.2, 0) is 6.18 Å². The molecule has 9 nitrogen and oxygen atoms in total. The molecule has 0 unspecified atom stereocenters. The molecule has 0 saturated carbocycles. The molecular formula is C26H31F3N8O. The highest BCUT2D eigenvalue weighted by Crippen LogP contribution is 2.38. The van der Waals surface area contributed by atoms with Gasteiger partial charge in [-0.3, -0.25) is 14.3 Å². The highest BCUT2D eigenvalue weighted by molar-refractivity contribution is 5.77. The van der Waals surface area contributed by atoms with Crippen molar-refractivity contribution in [2.45, 2.75) is 58.8 Å². The molecule has 0 aliphatic carbocycles. The minimum atomic E-state index is -4.59. The fourth-order valence-corrected chi connectivity index (χ4v) is 4.84. The van der Waals surface area contributed by atoms with Crippen molar-refractivity contribution in [3.05, 3.63) is 46.0 Å². The lowest BCUT2D eigenvalue weighted by molar-refractivity contribution is -0.137. The summed E-state index contributed by atoms with van der Waals surface area (Å²) in [5.74, 6) is -0.0634. The first-order chi connectivity index (χ1) is 18.1. The second-order valence-corrected chi connectivity index (χ2v) is 9.61. The molecule has 1 saturated heterocycles. The Morgan fingerprint density at radius 2 is 1.76 bits per heavy atom. The largest absolute Gasteiger partial charge is 0.418 e. The average molecular weight is 529 g/mol. The number of nitriles is 1. The fraction of sp³-hybridized carbons (Fsp3) is 0.500. The van der Waals surface area contributed by atoms with E-state index in [2.05, 4.69) is 39.0 Å². The molecule has 0 amide bonds. The molecule has 1 aliphatic heterocycles. The second kappa shape index (κ2) is 10.9. The molecule has 0 spiro atoms. The Balaban J connectivity index is 1.70. The van der Waals surface area contributed by atoms with E-state index in [-0.39, 0.29) is 29.1 Å². The average Bonchev–Trinajstić information content (AvgIpc) is 2.90. The van der Waals surface area contributed by atoms with Gasteiger partial charge >= 0.3 is 6.18 Å². The molecular weight excluding hydrogens is 497 g/mol. The molecule has 202 valence electrons. The maximum absolute atomic E-state index is 14.1. The predicted octanol–water partition coefficient (Wildman–Crippen LogP) is 4.71. The van der Waals surface area contributed by atoms with E-state index in [0.29, 0.717) is 56.1 Å². The normalized spacial score (nSPS) is 14.9. The third kappa shape index (κ3) is 5.43. The second-order valence-electron chi connectivity index (χ2n) is 9.61. The number of alkyl halides is 3. The van der Waals surface area contributed by atoms with E-state index in [1.807, 2.05) is 19.9 Å². The minimum Gasteiger partial charge on any atom is -0.367 e. The molecule has 38 heavy (non-hydrogen) atoms. The number of nitrogens with one attached hydrogen (secondary N) is 1. The van der Waals surface area contributed by atoms with Crippen molar-refractivity contribution in [2.75, 3.05) is 36.4 Å². The van der Waals surface area contributed by atoms with E-state index in [1.165, 1.54) is 23.0 Å². The quantitative estimate of drug-likeness (QED) is 0.470. The molecule has 0 aromatic carbocycles. The van der Waals surface area contributed by atoms with Crippen molar-refractivity contribution in [1.29, 1.82) is 5.26 Å². The van der Waals surface area contributed by atoms with Gasteiger partial charge in [-0.05, 0) is 38.8 Å². The number of piperazine rings is 1. The Morgan fingerprint density at radius 3 is 2.34 bits per heavy atom. The van der Waals surface area contributed by atoms with E-state index < -0.39 is 17.3 Å². The number of hydrogen-bond donors (Lipinski definition) is 1. The van der Waals surface area contributed by atoms with Crippen LogP contribution in [0.15, 0.2) is 29.3 Å². The van der Waals surface area contributed by atoms with Crippen LogP contribution in [-0.4, -0.2) is 56.6 Å². The van der Waals surface area contributed by atoms with E-state index in [1.54, 1.807) is 4.90 Å². The van der Waals surface area contributed by atoms with Crippen LogP contribution in [0.1, 0.15) is 57.7 Å². The fourth-order valence-electron chi connectivity index (χ4n) is 4.84. The van der Waals surface area contributed by atoms with Gasteiger partial charge in [-0.25, -0.2) is 9.97 Å². The van der Waals surface area contributed by atoms with Gasteiger partial charge in [0.15, 0.2) is 0 Å². The summed E-state index contributed by atoms with van der Waals surface area (Å²) in [6, 6.07) is 4.44. The van der Waals surface area contributed by atoms with Gasteiger partial charge in [0.25, 0.3) is 5.56 Å². The number of fused-ring (bicyclic) bond motifs is 1. The van der Waals surface area contributed by atoms with E-state index in [0.717, 1.165) is 6.07 Å². The molecule has 1 N–H and O–H groups in total. The van der Waals surface area contributed by atoms with Gasteiger partial charge in [0.2, 0.25) is 5.95 Å². The van der Waals surface area contributed by atoms with Gasteiger partial charge in [0.1, 0.15) is 23.1 Å². The van der Waals surface area contributed by atoms with Gasteiger partial charge in [0, 0.05) is 49.8 Å². The standard InChI is InChI=1S/C26H31F3N8O/c1-5-19(6-2)37-23-18(11-17(13-30)24(37)38)14-32-25(34-23)33-22-12-20(26(27,28)29)21(15-31-22)36-9-7-35(8-10-36)16(3)4/h11-12,14-16,19H,5-10H2,1-4H3,(H,31,32,33,34). The SMILES string of the molecule is CCC(CC)n1c(=O)c(C#N)cc2cnc(Nc3cc(C(F)(F)F)c(N4CCN(C(C)C)CC4)cn3)nc21. The molecule has 0 bridgehead atoms. The van der Waals surface area contributed by atoms with Crippen LogP contribution in [0.4, 0.5) is 30.6 Å². The summed E-state index contributed by atoms with van der Waals surface area (Å²) >= 11 is 0. The molecule has 12 heteroatoms. The first-order valence-corrected chi connectivity index (χ1v) is 12.7. The summed E-state index contributed by atoms with van der Waals surface area (Å²) in [4.78, 5) is 29.8. The van der Waals surface area contributed by atoms with Crippen molar-refractivity contribution in [3.8, 4) is 6.07 Å². The molecule has 0 atom stereocenters. The zero-order chi connectivity index (χ0) is 27.6. The number of nitrogens with zero attached hydrogens (tertiary/aromatic N) is 7. The summed E-state index contributed by atoms with van der Waals surface area (Å²) in [6.45, 7) is 10.3. The monoisotopic (exact) mass is 528 g/mol. The molecule has 4 heterocycles. The Labute approximate surface area is 218 Å². The molecule has 3 aromatic heterocycles. The van der Waals surface area contributed by atoms with E-state index >= 15 is 0 Å². The third-order valence-corrected chi connectivity index (χ3v) is 7.01. The third-order valence-electron chi connectivity index (χ3n) is 7.01. The summed E-state index contributed by atoms with van der Waals surface area (Å²) in [5, 5.41) is 12.7. The highest BCUT2D eigenvalue weighted by Gasteiger charge is 2.36. The lowest BCUT2D eigenvalue weighted by Crippen LogP contribution is -2.49.